The summed E-state index contributed by atoms with van der Waals surface area (Å²) in [5.41, 5.74) is 0. The molecule has 0 aromatic rings. The summed E-state index contributed by atoms with van der Waals surface area (Å²) in [4.78, 5) is 27.9. The van der Waals surface area contributed by atoms with Crippen LogP contribution in [-0.2, 0) is 22.1 Å². The largest absolute Gasteiger partial charge is 0.420 e. The molecule has 5 saturated heterocycles. The van der Waals surface area contributed by atoms with Crippen LogP contribution in [0.2, 0.25) is 63.0 Å². The predicted octanol–water partition coefficient (Wildman–Crippen LogP) is 4.88. The Balaban J connectivity index is 0.000000238. The maximum absolute atomic E-state index is 9.29. The molecule has 0 spiro atoms. The minimum Gasteiger partial charge on any atom is -0.420 e. The normalized spacial score (nSPS) is 37.3. The van der Waals surface area contributed by atoms with Crippen molar-refractivity contribution in [3.8, 4) is 0 Å². The molecule has 5 aliphatic heterocycles. The third kappa shape index (κ3) is 21.5. The zero-order chi connectivity index (χ0) is 28.3. The molecule has 0 bridgehead atoms. The lowest BCUT2D eigenvalue weighted by atomic mass is 10.4. The van der Waals surface area contributed by atoms with Gasteiger partial charge in [-0.25, -0.2) is 0 Å². The van der Waals surface area contributed by atoms with E-state index in [0.29, 0.717) is 0 Å². The summed E-state index contributed by atoms with van der Waals surface area (Å²) in [6, 6.07) is 5.58. The summed E-state index contributed by atoms with van der Waals surface area (Å²) in [6.07, 6.45) is 12.3. The average Bonchev–Trinajstić information content (AvgIpc) is 2.86. The first-order valence-corrected chi connectivity index (χ1v) is 27.8. The third-order valence-electron chi connectivity index (χ3n) is 7.16. The topological polar surface area (TPSA) is 107 Å². The maximum Gasteiger partial charge on any atom is 0.332 e. The first-order chi connectivity index (χ1) is 17.9. The van der Waals surface area contributed by atoms with Crippen molar-refractivity contribution in [2.45, 2.75) is 127 Å². The fraction of sp³-hybridized carbons (Fsp3) is 1.00. The highest BCUT2D eigenvalue weighted by Gasteiger charge is 2.30. The molecule has 5 atom stereocenters. The van der Waals surface area contributed by atoms with E-state index >= 15 is 0 Å². The molecular formula is C25H60O8Si5. The van der Waals surface area contributed by atoms with Crippen molar-refractivity contribution >= 4 is 43.8 Å². The van der Waals surface area contributed by atoms with Crippen molar-refractivity contribution < 1.29 is 36.5 Å². The second-order valence-corrected chi connectivity index (χ2v) is 26.3. The molecule has 0 aromatic carbocycles. The Morgan fingerprint density at radius 1 is 0.447 bits per heavy atom. The van der Waals surface area contributed by atoms with E-state index in [0.717, 1.165) is 89.7 Å². The predicted molar refractivity (Wildman–Crippen MR) is 168 cm³/mol. The average molecular weight is 629 g/mol. The SMILES string of the molecule is C[SiH]1CCCCO1.C[SiH]1CCCCO1.C[Si]1(O)CCCCO1.C[Si]1(O)CCCCO1.C[Si]1(O)CCCCO1. The van der Waals surface area contributed by atoms with Gasteiger partial charge in [0.05, 0.1) is 0 Å². The van der Waals surface area contributed by atoms with Crippen LogP contribution in [0.4, 0.5) is 0 Å². The molecule has 5 heterocycles. The van der Waals surface area contributed by atoms with Gasteiger partial charge in [0, 0.05) is 33.0 Å². The van der Waals surface area contributed by atoms with Crippen molar-refractivity contribution in [2.75, 3.05) is 33.0 Å². The lowest BCUT2D eigenvalue weighted by molar-refractivity contribution is 0.207. The monoisotopic (exact) mass is 628 g/mol. The van der Waals surface area contributed by atoms with Crippen LogP contribution in [0.15, 0.2) is 0 Å². The van der Waals surface area contributed by atoms with Gasteiger partial charge in [-0.3, -0.25) is 0 Å². The van der Waals surface area contributed by atoms with Gasteiger partial charge in [-0.2, -0.15) is 0 Å². The van der Waals surface area contributed by atoms with E-state index in [1.807, 2.05) is 19.6 Å². The van der Waals surface area contributed by atoms with Gasteiger partial charge in [-0.1, -0.05) is 12.8 Å². The van der Waals surface area contributed by atoms with Gasteiger partial charge in [0.15, 0.2) is 18.1 Å². The summed E-state index contributed by atoms with van der Waals surface area (Å²) in [6.45, 7) is 14.5. The zero-order valence-corrected chi connectivity index (χ0v) is 30.5. The highest BCUT2D eigenvalue weighted by Crippen LogP contribution is 2.19. The van der Waals surface area contributed by atoms with Crippen molar-refractivity contribution in [3.63, 3.8) is 0 Å². The molecular weight excluding hydrogens is 569 g/mol. The van der Waals surface area contributed by atoms with E-state index in [1.165, 1.54) is 37.8 Å². The lowest BCUT2D eigenvalue weighted by Crippen LogP contribution is -2.37. The Labute approximate surface area is 240 Å². The van der Waals surface area contributed by atoms with Crippen LogP contribution >= 0.6 is 0 Å². The van der Waals surface area contributed by atoms with Crippen LogP contribution in [0.5, 0.6) is 0 Å². The maximum atomic E-state index is 9.29. The molecule has 3 N–H and O–H groups in total. The molecule has 0 saturated carbocycles. The zero-order valence-electron chi connectivity index (χ0n) is 25.2. The molecule has 228 valence electrons. The number of rotatable bonds is 0. The van der Waals surface area contributed by atoms with Crippen LogP contribution in [0.25, 0.3) is 0 Å². The van der Waals surface area contributed by atoms with E-state index in [4.69, 9.17) is 22.1 Å². The van der Waals surface area contributed by atoms with Gasteiger partial charge in [-0.05, 0) is 114 Å². The van der Waals surface area contributed by atoms with Gasteiger partial charge in [0.1, 0.15) is 0 Å². The van der Waals surface area contributed by atoms with E-state index in [9.17, 15) is 14.4 Å². The molecule has 5 unspecified atom stereocenters. The highest BCUT2D eigenvalue weighted by molar-refractivity contribution is 6.65. The van der Waals surface area contributed by atoms with Crippen LogP contribution in [0.1, 0.15) is 64.2 Å². The lowest BCUT2D eigenvalue weighted by Gasteiger charge is -2.24. The smallest absolute Gasteiger partial charge is 0.332 e. The Morgan fingerprint density at radius 3 is 0.842 bits per heavy atom. The molecule has 13 heteroatoms. The summed E-state index contributed by atoms with van der Waals surface area (Å²) in [5, 5.41) is 0. The molecule has 0 amide bonds. The van der Waals surface area contributed by atoms with E-state index < -0.39 is 43.8 Å². The second-order valence-electron chi connectivity index (χ2n) is 11.8. The van der Waals surface area contributed by atoms with Crippen molar-refractivity contribution in [1.82, 2.24) is 0 Å². The summed E-state index contributed by atoms with van der Waals surface area (Å²) >= 11 is 0. The van der Waals surface area contributed by atoms with Crippen LogP contribution in [-0.4, -0.2) is 91.2 Å². The van der Waals surface area contributed by atoms with Crippen LogP contribution < -0.4 is 0 Å². The standard InChI is InChI=1S/3C5H12O2Si.2C5H12OSi/c3*1-8(6)5-3-2-4-7-8;2*1-7-5-3-2-4-6-7/h3*6H,2-5H2,1H3;2*7H,2-5H2,1H3. The molecule has 5 aliphatic rings. The van der Waals surface area contributed by atoms with Crippen LogP contribution in [0, 0.1) is 0 Å². The van der Waals surface area contributed by atoms with Crippen molar-refractivity contribution in [2.24, 2.45) is 0 Å². The number of hydrogen-bond acceptors (Lipinski definition) is 8. The van der Waals surface area contributed by atoms with Crippen LogP contribution in [0.3, 0.4) is 0 Å². The fourth-order valence-corrected chi connectivity index (χ4v) is 12.7. The molecule has 5 fully saturated rings. The van der Waals surface area contributed by atoms with E-state index in [1.54, 1.807) is 0 Å². The second kappa shape index (κ2) is 20.6. The Hall–Kier alpha value is 0.764. The van der Waals surface area contributed by atoms with Crippen molar-refractivity contribution in [3.05, 3.63) is 0 Å². The fourth-order valence-electron chi connectivity index (χ4n) is 4.56. The highest BCUT2D eigenvalue weighted by atomic mass is 28.4. The molecule has 0 aliphatic carbocycles. The minimum absolute atomic E-state index is 0.595. The van der Waals surface area contributed by atoms with Gasteiger partial charge < -0.3 is 36.5 Å². The van der Waals surface area contributed by atoms with E-state index in [2.05, 4.69) is 13.1 Å². The quantitative estimate of drug-likeness (QED) is 0.326. The summed E-state index contributed by atoms with van der Waals surface area (Å²) in [5.74, 6) is 0. The minimum atomic E-state index is -2.09. The first-order valence-electron chi connectivity index (χ1n) is 15.2. The summed E-state index contributed by atoms with van der Waals surface area (Å²) in [7, 11) is -7.46. The third-order valence-corrected chi connectivity index (χ3v) is 17.5. The van der Waals surface area contributed by atoms with Gasteiger partial charge in [0.25, 0.3) is 0 Å². The Bertz CT molecular complexity index is 482. The first kappa shape index (κ1) is 36.8. The van der Waals surface area contributed by atoms with Gasteiger partial charge >= 0.3 is 25.7 Å². The molecule has 8 nitrogen and oxygen atoms in total. The van der Waals surface area contributed by atoms with Crippen molar-refractivity contribution in [1.29, 1.82) is 0 Å². The molecule has 0 aromatic heterocycles. The molecule has 38 heavy (non-hydrogen) atoms. The van der Waals surface area contributed by atoms with Gasteiger partial charge in [-0.15, -0.1) is 0 Å². The van der Waals surface area contributed by atoms with E-state index in [-0.39, 0.29) is 0 Å². The van der Waals surface area contributed by atoms with Gasteiger partial charge in [0.2, 0.25) is 0 Å². The molecule has 5 rings (SSSR count). The summed E-state index contributed by atoms with van der Waals surface area (Å²) < 4.78 is 26.3. The molecule has 0 radical (unpaired) electrons. The number of hydrogen-bond donors (Lipinski definition) is 3. The Kier molecular flexibility index (Phi) is 20.0. The Morgan fingerprint density at radius 2 is 0.737 bits per heavy atom.